The number of hydrogen-bond acceptors (Lipinski definition) is 4. The zero-order valence-corrected chi connectivity index (χ0v) is 14.4. The van der Waals surface area contributed by atoms with Gasteiger partial charge in [0.15, 0.2) is 0 Å². The molecule has 1 unspecified atom stereocenters. The normalized spacial score (nSPS) is 25.0. The van der Waals surface area contributed by atoms with Gasteiger partial charge in [-0.1, -0.05) is 0 Å². The molecule has 0 saturated carbocycles. The van der Waals surface area contributed by atoms with Gasteiger partial charge in [-0.15, -0.1) is 22.9 Å². The molecule has 4 nitrogen and oxygen atoms in total. The number of nitrogens with zero attached hydrogens (tertiary/aromatic N) is 1. The van der Waals surface area contributed by atoms with Gasteiger partial charge in [-0.25, -0.2) is 8.42 Å². The van der Waals surface area contributed by atoms with E-state index in [1.54, 1.807) is 13.2 Å². The van der Waals surface area contributed by atoms with Gasteiger partial charge in [-0.2, -0.15) is 4.31 Å². The Morgan fingerprint density at radius 2 is 2.25 bits per heavy atom. The van der Waals surface area contributed by atoms with Gasteiger partial charge in [0.05, 0.1) is 11.5 Å². The molecule has 0 aromatic carbocycles. The Hall–Kier alpha value is -0.140. The maximum Gasteiger partial charge on any atom is 0.252 e. The fourth-order valence-electron chi connectivity index (χ4n) is 2.41. The predicted molar refractivity (Wildman–Crippen MR) is 82.0 cm³/mol. The second-order valence-electron chi connectivity index (χ2n) is 5.40. The molecular weight excluding hydrogens is 318 g/mol. The molecule has 0 spiro atoms. The number of thiophene rings is 1. The number of piperidine rings is 1. The smallest absolute Gasteiger partial charge is 0.252 e. The van der Waals surface area contributed by atoms with E-state index in [-0.39, 0.29) is 0 Å². The van der Waals surface area contributed by atoms with Gasteiger partial charge in [0.1, 0.15) is 4.21 Å². The number of hydrogen-bond donors (Lipinski definition) is 0. The number of methoxy groups -OCH3 is 1. The van der Waals surface area contributed by atoms with Crippen molar-refractivity contribution in [2.75, 3.05) is 20.2 Å². The average Bonchev–Trinajstić information content (AvgIpc) is 2.81. The van der Waals surface area contributed by atoms with Crippen LogP contribution in [0.3, 0.4) is 0 Å². The van der Waals surface area contributed by atoms with E-state index in [1.807, 2.05) is 13.8 Å². The van der Waals surface area contributed by atoms with Crippen LogP contribution in [-0.2, 0) is 20.6 Å². The highest BCUT2D eigenvalue weighted by Crippen LogP contribution is 2.33. The van der Waals surface area contributed by atoms with E-state index >= 15 is 0 Å². The number of rotatable bonds is 4. The molecule has 7 heteroatoms. The number of aryl methyl sites for hydroxylation is 1. The Labute approximate surface area is 129 Å². The fraction of sp³-hybridized carbons (Fsp3) is 0.692. The molecule has 0 N–H and O–H groups in total. The molecule has 0 aliphatic carbocycles. The summed E-state index contributed by atoms with van der Waals surface area (Å²) >= 11 is 7.10. The number of halogens is 1. The molecule has 0 amide bonds. The highest BCUT2D eigenvalue weighted by Gasteiger charge is 2.37. The summed E-state index contributed by atoms with van der Waals surface area (Å²) in [4.78, 5) is 0.914. The summed E-state index contributed by atoms with van der Waals surface area (Å²) in [5, 5.41) is 0. The Morgan fingerprint density at radius 1 is 1.55 bits per heavy atom. The van der Waals surface area contributed by atoms with Gasteiger partial charge in [-0.3, -0.25) is 0 Å². The van der Waals surface area contributed by atoms with Gasteiger partial charge in [0.2, 0.25) is 0 Å². The van der Waals surface area contributed by atoms with Crippen molar-refractivity contribution in [1.29, 1.82) is 0 Å². The second-order valence-corrected chi connectivity index (χ2v) is 8.97. The maximum absolute atomic E-state index is 12.7. The Bertz CT molecular complexity index is 584. The first-order valence-corrected chi connectivity index (χ1v) is 9.32. The molecule has 114 valence electrons. The minimum Gasteiger partial charge on any atom is -0.377 e. The van der Waals surface area contributed by atoms with Crippen LogP contribution >= 0.6 is 22.9 Å². The van der Waals surface area contributed by atoms with Crippen molar-refractivity contribution in [3.05, 3.63) is 16.5 Å². The van der Waals surface area contributed by atoms with E-state index in [0.717, 1.165) is 23.3 Å². The van der Waals surface area contributed by atoms with Crippen LogP contribution in [0.4, 0.5) is 0 Å². The zero-order valence-electron chi connectivity index (χ0n) is 12.0. The number of alkyl halides is 1. The highest BCUT2D eigenvalue weighted by molar-refractivity contribution is 7.91. The van der Waals surface area contributed by atoms with Crippen molar-refractivity contribution in [2.45, 2.75) is 42.4 Å². The average molecular weight is 338 g/mol. The van der Waals surface area contributed by atoms with Gasteiger partial charge in [-0.05, 0) is 38.3 Å². The Balaban J connectivity index is 2.29. The van der Waals surface area contributed by atoms with Crippen LogP contribution in [0.15, 0.2) is 10.3 Å². The molecule has 0 bridgehead atoms. The third kappa shape index (κ3) is 3.04. The first-order chi connectivity index (χ1) is 9.32. The molecule has 1 aromatic heterocycles. The molecule has 1 aromatic rings. The Kier molecular flexibility index (Phi) is 4.81. The lowest BCUT2D eigenvalue weighted by Gasteiger charge is -2.38. The number of sulfonamides is 1. The summed E-state index contributed by atoms with van der Waals surface area (Å²) in [6, 6.07) is 1.72. The molecule has 20 heavy (non-hydrogen) atoms. The van der Waals surface area contributed by atoms with Crippen molar-refractivity contribution in [1.82, 2.24) is 4.31 Å². The van der Waals surface area contributed by atoms with E-state index in [9.17, 15) is 8.42 Å². The van der Waals surface area contributed by atoms with Crippen LogP contribution in [0.2, 0.25) is 0 Å². The van der Waals surface area contributed by atoms with Crippen LogP contribution < -0.4 is 0 Å². The molecule has 2 rings (SSSR count). The molecule has 1 fully saturated rings. The van der Waals surface area contributed by atoms with E-state index in [4.69, 9.17) is 16.3 Å². The Morgan fingerprint density at radius 3 is 2.80 bits per heavy atom. The lowest BCUT2D eigenvalue weighted by molar-refractivity contribution is -0.0319. The third-order valence-electron chi connectivity index (χ3n) is 3.83. The first kappa shape index (κ1) is 16.2. The molecule has 1 aliphatic heterocycles. The summed E-state index contributed by atoms with van der Waals surface area (Å²) in [7, 11) is -1.81. The quantitative estimate of drug-likeness (QED) is 0.793. The second kappa shape index (κ2) is 5.93. The molecule has 0 radical (unpaired) electrons. The molecule has 2 heterocycles. The summed E-state index contributed by atoms with van der Waals surface area (Å²) < 4.78 is 32.8. The third-order valence-corrected chi connectivity index (χ3v) is 7.79. The first-order valence-electron chi connectivity index (χ1n) is 6.53. The summed E-state index contributed by atoms with van der Waals surface area (Å²) in [5.41, 5.74) is 0.544. The van der Waals surface area contributed by atoms with Crippen molar-refractivity contribution >= 4 is 33.0 Å². The lowest BCUT2D eigenvalue weighted by atomic mass is 9.96. The van der Waals surface area contributed by atoms with Crippen molar-refractivity contribution in [2.24, 2.45) is 0 Å². The standard InChI is InChI=1S/C13H20ClNO3S2/c1-10-7-12(19-11(10)8-14)20(16,17)15-6-4-5-13(2,9-15)18-3/h7H,4-6,8-9H2,1-3H3. The van der Waals surface area contributed by atoms with Crippen LogP contribution in [0, 0.1) is 6.92 Å². The molecule has 1 aliphatic rings. The molecular formula is C13H20ClNO3S2. The highest BCUT2D eigenvalue weighted by atomic mass is 35.5. The van der Waals surface area contributed by atoms with Crippen LogP contribution in [-0.4, -0.2) is 38.5 Å². The van der Waals surface area contributed by atoms with Gasteiger partial charge in [0, 0.05) is 25.1 Å². The number of ether oxygens (including phenoxy) is 1. The monoisotopic (exact) mass is 337 g/mol. The van der Waals surface area contributed by atoms with Gasteiger partial charge in [0.25, 0.3) is 10.0 Å². The van der Waals surface area contributed by atoms with E-state index < -0.39 is 15.6 Å². The fourth-order valence-corrected chi connectivity index (χ4v) is 5.97. The largest absolute Gasteiger partial charge is 0.377 e. The summed E-state index contributed by atoms with van der Waals surface area (Å²) in [6.45, 7) is 4.80. The minimum atomic E-state index is -3.44. The SMILES string of the molecule is COC1(C)CCCN(S(=O)(=O)c2cc(C)c(CCl)s2)C1. The van der Waals surface area contributed by atoms with E-state index in [0.29, 0.717) is 23.2 Å². The minimum absolute atomic E-state index is 0.349. The lowest BCUT2D eigenvalue weighted by Crippen LogP contribution is -2.49. The van der Waals surface area contributed by atoms with Gasteiger partial charge < -0.3 is 4.74 Å². The van der Waals surface area contributed by atoms with Crippen LogP contribution in [0.25, 0.3) is 0 Å². The van der Waals surface area contributed by atoms with Crippen molar-refractivity contribution in [3.63, 3.8) is 0 Å². The topological polar surface area (TPSA) is 46.6 Å². The molecule has 1 saturated heterocycles. The van der Waals surface area contributed by atoms with Crippen LogP contribution in [0.5, 0.6) is 0 Å². The maximum atomic E-state index is 12.7. The van der Waals surface area contributed by atoms with Crippen molar-refractivity contribution in [3.8, 4) is 0 Å². The van der Waals surface area contributed by atoms with E-state index in [1.165, 1.54) is 15.6 Å². The van der Waals surface area contributed by atoms with Crippen molar-refractivity contribution < 1.29 is 13.2 Å². The molecule has 1 atom stereocenters. The summed E-state index contributed by atoms with van der Waals surface area (Å²) in [6.07, 6.45) is 1.70. The summed E-state index contributed by atoms with van der Waals surface area (Å²) in [5.74, 6) is 0.349. The van der Waals surface area contributed by atoms with E-state index in [2.05, 4.69) is 0 Å². The predicted octanol–water partition coefficient (Wildman–Crippen LogP) is 2.98. The van der Waals surface area contributed by atoms with Crippen LogP contribution in [0.1, 0.15) is 30.2 Å². The van der Waals surface area contributed by atoms with Gasteiger partial charge >= 0.3 is 0 Å². The zero-order chi connectivity index (χ0) is 15.0.